The van der Waals surface area contributed by atoms with Crippen LogP contribution in [0.15, 0.2) is 30.6 Å². The van der Waals surface area contributed by atoms with Gasteiger partial charge in [0.2, 0.25) is 5.95 Å². The maximum absolute atomic E-state index is 6.14. The number of piperidine rings is 1. The summed E-state index contributed by atoms with van der Waals surface area (Å²) in [6, 6.07) is 6.50. The van der Waals surface area contributed by atoms with E-state index < -0.39 is 0 Å². The lowest BCUT2D eigenvalue weighted by atomic mass is 10.1. The van der Waals surface area contributed by atoms with E-state index >= 15 is 0 Å². The van der Waals surface area contributed by atoms with Crippen molar-refractivity contribution in [1.82, 2.24) is 35.1 Å². The van der Waals surface area contributed by atoms with Crippen molar-refractivity contribution in [3.05, 3.63) is 41.7 Å². The Morgan fingerprint density at radius 2 is 2.20 bits per heavy atom. The summed E-state index contributed by atoms with van der Waals surface area (Å²) < 4.78 is 7.90. The van der Waals surface area contributed by atoms with Crippen LogP contribution in [0.1, 0.15) is 43.7 Å². The van der Waals surface area contributed by atoms with E-state index in [-0.39, 0.29) is 6.10 Å². The number of benzene rings is 1. The van der Waals surface area contributed by atoms with E-state index in [1.807, 2.05) is 24.5 Å². The Labute approximate surface area is 174 Å². The van der Waals surface area contributed by atoms with Gasteiger partial charge < -0.3 is 15.4 Å². The lowest BCUT2D eigenvalue weighted by molar-refractivity contribution is 0.153. The molecule has 1 saturated heterocycles. The summed E-state index contributed by atoms with van der Waals surface area (Å²) in [5.41, 5.74) is 3.99. The average Bonchev–Trinajstić information content (AvgIpc) is 3.40. The van der Waals surface area contributed by atoms with Gasteiger partial charge in [-0.05, 0) is 36.9 Å². The van der Waals surface area contributed by atoms with Gasteiger partial charge in [-0.1, -0.05) is 26.0 Å². The second-order valence-corrected chi connectivity index (χ2v) is 8.01. The van der Waals surface area contributed by atoms with Crippen LogP contribution in [0.2, 0.25) is 0 Å². The van der Waals surface area contributed by atoms with Crippen LogP contribution in [-0.4, -0.2) is 49.0 Å². The number of anilines is 1. The monoisotopic (exact) mass is 406 g/mol. The van der Waals surface area contributed by atoms with Crippen LogP contribution in [-0.2, 0) is 6.54 Å². The van der Waals surface area contributed by atoms with Gasteiger partial charge >= 0.3 is 6.01 Å². The van der Waals surface area contributed by atoms with Crippen LogP contribution in [0.3, 0.4) is 0 Å². The van der Waals surface area contributed by atoms with Crippen molar-refractivity contribution < 1.29 is 4.74 Å². The highest BCUT2D eigenvalue weighted by atomic mass is 16.5. The lowest BCUT2D eigenvalue weighted by Crippen LogP contribution is -2.37. The fraction of sp³-hybridized carbons (Fsp3) is 0.429. The number of nitrogens with zero attached hydrogens (tertiary/aromatic N) is 5. The molecule has 30 heavy (non-hydrogen) atoms. The van der Waals surface area contributed by atoms with Gasteiger partial charge in [-0.15, -0.1) is 0 Å². The standard InChI is InChI=1S/C21H26N8O/c1-13(2)16-12-25-29-19(16)26-21(30-15-6-4-8-22-10-15)27-20(29)23-9-14-5-3-7-18-17(14)11-24-28-18/h3,5,7,11-13,15,22H,4,6,8-10H2,1-2H3,(H,24,28)(H,23,26,27)/t15-/m1/s1. The van der Waals surface area contributed by atoms with Crippen molar-refractivity contribution >= 4 is 22.5 Å². The number of aromatic nitrogens is 6. The van der Waals surface area contributed by atoms with Crippen molar-refractivity contribution in [3.8, 4) is 6.01 Å². The Morgan fingerprint density at radius 1 is 1.27 bits per heavy atom. The first kappa shape index (κ1) is 18.8. The van der Waals surface area contributed by atoms with E-state index in [2.05, 4.69) is 50.8 Å². The fourth-order valence-corrected chi connectivity index (χ4v) is 3.88. The van der Waals surface area contributed by atoms with Gasteiger partial charge in [0.15, 0.2) is 5.65 Å². The molecule has 0 aliphatic carbocycles. The first-order chi connectivity index (χ1) is 14.7. The summed E-state index contributed by atoms with van der Waals surface area (Å²) in [4.78, 5) is 9.35. The Hall–Kier alpha value is -3.20. The Morgan fingerprint density at radius 3 is 3.03 bits per heavy atom. The molecule has 5 rings (SSSR count). The summed E-state index contributed by atoms with van der Waals surface area (Å²) >= 11 is 0. The highest BCUT2D eigenvalue weighted by Crippen LogP contribution is 2.24. The molecule has 4 aromatic rings. The molecule has 0 unspecified atom stereocenters. The van der Waals surface area contributed by atoms with Gasteiger partial charge in [0, 0.05) is 24.0 Å². The molecule has 1 atom stereocenters. The number of nitrogens with one attached hydrogen (secondary N) is 3. The van der Waals surface area contributed by atoms with Crippen molar-refractivity contribution in [1.29, 1.82) is 0 Å². The van der Waals surface area contributed by atoms with Crippen LogP contribution in [0.4, 0.5) is 5.95 Å². The predicted molar refractivity (Wildman–Crippen MR) is 115 cm³/mol. The van der Waals surface area contributed by atoms with Gasteiger partial charge in [-0.2, -0.15) is 24.7 Å². The first-order valence-electron chi connectivity index (χ1n) is 10.5. The van der Waals surface area contributed by atoms with Crippen LogP contribution in [0, 0.1) is 0 Å². The van der Waals surface area contributed by atoms with Gasteiger partial charge in [0.05, 0.1) is 17.9 Å². The van der Waals surface area contributed by atoms with Crippen molar-refractivity contribution in [3.63, 3.8) is 0 Å². The summed E-state index contributed by atoms with van der Waals surface area (Å²) in [7, 11) is 0. The number of fused-ring (bicyclic) bond motifs is 2. The van der Waals surface area contributed by atoms with Gasteiger partial charge in [0.25, 0.3) is 0 Å². The van der Waals surface area contributed by atoms with Crippen LogP contribution in [0.5, 0.6) is 6.01 Å². The third kappa shape index (κ3) is 3.56. The Kier molecular flexibility index (Phi) is 4.96. The predicted octanol–water partition coefficient (Wildman–Crippen LogP) is 2.87. The van der Waals surface area contributed by atoms with E-state index in [0.717, 1.165) is 53.6 Å². The van der Waals surface area contributed by atoms with E-state index in [4.69, 9.17) is 9.72 Å². The molecule has 1 fully saturated rings. The summed E-state index contributed by atoms with van der Waals surface area (Å²) in [6.07, 6.45) is 5.89. The van der Waals surface area contributed by atoms with Crippen molar-refractivity contribution in [2.75, 3.05) is 18.4 Å². The van der Waals surface area contributed by atoms with E-state index in [0.29, 0.717) is 24.4 Å². The number of aromatic amines is 1. The zero-order chi connectivity index (χ0) is 20.5. The minimum atomic E-state index is 0.0825. The molecular formula is C21H26N8O. The smallest absolute Gasteiger partial charge is 0.322 e. The normalized spacial score (nSPS) is 17.1. The van der Waals surface area contributed by atoms with Crippen LogP contribution in [0.25, 0.3) is 16.6 Å². The van der Waals surface area contributed by atoms with Gasteiger partial charge in [-0.3, -0.25) is 5.10 Å². The minimum Gasteiger partial charge on any atom is -0.459 e. The molecule has 0 bridgehead atoms. The molecule has 0 amide bonds. The molecule has 0 spiro atoms. The highest BCUT2D eigenvalue weighted by Gasteiger charge is 2.20. The Balaban J connectivity index is 1.48. The summed E-state index contributed by atoms with van der Waals surface area (Å²) in [5, 5.41) is 19.6. The third-order valence-electron chi connectivity index (χ3n) is 5.53. The van der Waals surface area contributed by atoms with E-state index in [1.54, 1.807) is 4.52 Å². The molecule has 4 heterocycles. The maximum atomic E-state index is 6.14. The SMILES string of the molecule is CC(C)c1cnn2c(NCc3cccc4[nH]ncc34)nc(O[C@@H]3CCCNC3)nc12. The average molecular weight is 406 g/mol. The quantitative estimate of drug-likeness (QED) is 0.452. The van der Waals surface area contributed by atoms with Crippen molar-refractivity contribution in [2.45, 2.75) is 45.3 Å². The molecule has 3 N–H and O–H groups in total. The van der Waals surface area contributed by atoms with E-state index in [9.17, 15) is 0 Å². The Bertz CT molecular complexity index is 1160. The molecule has 3 aromatic heterocycles. The lowest BCUT2D eigenvalue weighted by Gasteiger charge is -2.23. The molecule has 1 aromatic carbocycles. The maximum Gasteiger partial charge on any atom is 0.322 e. The molecular weight excluding hydrogens is 380 g/mol. The van der Waals surface area contributed by atoms with Crippen LogP contribution >= 0.6 is 0 Å². The van der Waals surface area contributed by atoms with Gasteiger partial charge in [0.1, 0.15) is 6.10 Å². The minimum absolute atomic E-state index is 0.0825. The largest absolute Gasteiger partial charge is 0.459 e. The summed E-state index contributed by atoms with van der Waals surface area (Å²) in [6.45, 7) is 6.71. The molecule has 0 radical (unpaired) electrons. The molecule has 1 aliphatic heterocycles. The molecule has 0 saturated carbocycles. The first-order valence-corrected chi connectivity index (χ1v) is 10.5. The molecule has 9 heteroatoms. The number of ether oxygens (including phenoxy) is 1. The summed E-state index contributed by atoms with van der Waals surface area (Å²) in [5.74, 6) is 0.917. The highest BCUT2D eigenvalue weighted by molar-refractivity contribution is 5.81. The van der Waals surface area contributed by atoms with Crippen molar-refractivity contribution in [2.24, 2.45) is 0 Å². The number of H-pyrrole nitrogens is 1. The van der Waals surface area contributed by atoms with Crippen LogP contribution < -0.4 is 15.4 Å². The number of hydrogen-bond donors (Lipinski definition) is 3. The third-order valence-corrected chi connectivity index (χ3v) is 5.53. The topological polar surface area (TPSA) is 105 Å². The zero-order valence-corrected chi connectivity index (χ0v) is 17.2. The zero-order valence-electron chi connectivity index (χ0n) is 17.2. The fourth-order valence-electron chi connectivity index (χ4n) is 3.88. The number of hydrogen-bond acceptors (Lipinski definition) is 7. The van der Waals surface area contributed by atoms with Gasteiger partial charge in [-0.25, -0.2) is 0 Å². The second kappa shape index (κ2) is 7.91. The molecule has 156 valence electrons. The second-order valence-electron chi connectivity index (χ2n) is 8.01. The molecule has 9 nitrogen and oxygen atoms in total. The molecule has 1 aliphatic rings. The number of rotatable bonds is 6. The van der Waals surface area contributed by atoms with E-state index in [1.165, 1.54) is 0 Å².